The van der Waals surface area contributed by atoms with E-state index in [1.165, 1.54) is 5.56 Å². The SMILES string of the molecule is CCc1ccc(-c2nc3cc(N4C[C@H](C(=O)Cl)CC4=O)ccc3o2)cc1. The number of rotatable bonds is 4. The molecule has 1 saturated heterocycles. The first kappa shape index (κ1) is 16.8. The van der Waals surface area contributed by atoms with Crippen molar-refractivity contribution >= 4 is 39.5 Å². The number of carbonyl (C=O) groups excluding carboxylic acids is 2. The molecule has 1 aromatic heterocycles. The van der Waals surface area contributed by atoms with E-state index < -0.39 is 11.2 Å². The van der Waals surface area contributed by atoms with Crippen LogP contribution < -0.4 is 4.90 Å². The van der Waals surface area contributed by atoms with Crippen LogP contribution in [0.25, 0.3) is 22.6 Å². The lowest BCUT2D eigenvalue weighted by molar-refractivity contribution is -0.120. The van der Waals surface area contributed by atoms with Crippen molar-refractivity contribution in [1.82, 2.24) is 4.98 Å². The van der Waals surface area contributed by atoms with E-state index in [0.29, 0.717) is 29.2 Å². The van der Waals surface area contributed by atoms with Crippen molar-refractivity contribution in [2.24, 2.45) is 5.92 Å². The summed E-state index contributed by atoms with van der Waals surface area (Å²) in [5.41, 5.74) is 4.18. The smallest absolute Gasteiger partial charge is 0.227 e. The zero-order valence-corrected chi connectivity index (χ0v) is 15.0. The first-order chi connectivity index (χ1) is 12.5. The van der Waals surface area contributed by atoms with Gasteiger partial charge in [0.05, 0.1) is 5.92 Å². The van der Waals surface area contributed by atoms with E-state index in [1.807, 2.05) is 18.2 Å². The number of hydrogen-bond donors (Lipinski definition) is 0. The van der Waals surface area contributed by atoms with Crippen LogP contribution in [0.15, 0.2) is 46.9 Å². The average Bonchev–Trinajstić information content (AvgIpc) is 3.24. The van der Waals surface area contributed by atoms with Crippen LogP contribution in [0.3, 0.4) is 0 Å². The number of anilines is 1. The van der Waals surface area contributed by atoms with Gasteiger partial charge in [0.15, 0.2) is 5.58 Å². The number of hydrogen-bond acceptors (Lipinski definition) is 4. The minimum Gasteiger partial charge on any atom is -0.436 e. The highest BCUT2D eigenvalue weighted by molar-refractivity contribution is 6.64. The second-order valence-corrected chi connectivity index (χ2v) is 6.80. The Balaban J connectivity index is 1.65. The number of aryl methyl sites for hydroxylation is 1. The van der Waals surface area contributed by atoms with Gasteiger partial charge in [0.25, 0.3) is 0 Å². The quantitative estimate of drug-likeness (QED) is 0.648. The van der Waals surface area contributed by atoms with Gasteiger partial charge in [-0.25, -0.2) is 4.98 Å². The molecule has 0 bridgehead atoms. The Kier molecular flexibility index (Phi) is 4.24. The summed E-state index contributed by atoms with van der Waals surface area (Å²) in [5, 5.41) is -0.471. The van der Waals surface area contributed by atoms with Gasteiger partial charge >= 0.3 is 0 Å². The largest absolute Gasteiger partial charge is 0.436 e. The highest BCUT2D eigenvalue weighted by Crippen LogP contribution is 2.31. The van der Waals surface area contributed by atoms with Crippen molar-refractivity contribution < 1.29 is 14.0 Å². The second-order valence-electron chi connectivity index (χ2n) is 6.43. The van der Waals surface area contributed by atoms with Gasteiger partial charge in [-0.15, -0.1) is 0 Å². The predicted molar refractivity (Wildman–Crippen MR) is 100 cm³/mol. The van der Waals surface area contributed by atoms with Crippen LogP contribution in [-0.2, 0) is 16.0 Å². The molecule has 4 rings (SSSR count). The summed E-state index contributed by atoms with van der Waals surface area (Å²) < 4.78 is 5.84. The van der Waals surface area contributed by atoms with Crippen molar-refractivity contribution in [2.75, 3.05) is 11.4 Å². The lowest BCUT2D eigenvalue weighted by atomic mass is 10.1. The van der Waals surface area contributed by atoms with Crippen LogP contribution in [0.2, 0.25) is 0 Å². The van der Waals surface area contributed by atoms with E-state index in [-0.39, 0.29) is 12.3 Å². The minimum atomic E-state index is -0.471. The topological polar surface area (TPSA) is 63.4 Å². The molecule has 1 atom stereocenters. The van der Waals surface area contributed by atoms with Gasteiger partial charge in [-0.3, -0.25) is 9.59 Å². The number of halogens is 1. The Hall–Kier alpha value is -2.66. The molecular weight excluding hydrogens is 352 g/mol. The van der Waals surface area contributed by atoms with Crippen molar-refractivity contribution in [3.05, 3.63) is 48.0 Å². The highest BCUT2D eigenvalue weighted by atomic mass is 35.5. The molecule has 2 heterocycles. The molecule has 6 heteroatoms. The lowest BCUT2D eigenvalue weighted by Gasteiger charge is -2.15. The number of oxazole rings is 1. The molecule has 0 aliphatic carbocycles. The van der Waals surface area contributed by atoms with Crippen LogP contribution in [0, 0.1) is 5.92 Å². The van der Waals surface area contributed by atoms with Gasteiger partial charge in [-0.05, 0) is 53.9 Å². The second kappa shape index (κ2) is 6.57. The molecule has 1 aliphatic rings. The first-order valence-electron chi connectivity index (χ1n) is 8.54. The van der Waals surface area contributed by atoms with E-state index in [0.717, 1.165) is 12.0 Å². The Morgan fingerprint density at radius 1 is 1.27 bits per heavy atom. The van der Waals surface area contributed by atoms with Gasteiger partial charge in [0.2, 0.25) is 17.0 Å². The molecular formula is C20H17ClN2O3. The van der Waals surface area contributed by atoms with Gasteiger partial charge in [-0.2, -0.15) is 0 Å². The molecule has 26 heavy (non-hydrogen) atoms. The summed E-state index contributed by atoms with van der Waals surface area (Å²) in [6, 6.07) is 13.5. The van der Waals surface area contributed by atoms with Crippen molar-refractivity contribution in [2.45, 2.75) is 19.8 Å². The fourth-order valence-electron chi connectivity index (χ4n) is 3.20. The highest BCUT2D eigenvalue weighted by Gasteiger charge is 2.34. The van der Waals surface area contributed by atoms with E-state index in [9.17, 15) is 9.59 Å². The maximum Gasteiger partial charge on any atom is 0.227 e. The molecule has 0 unspecified atom stereocenters. The molecule has 0 N–H and O–H groups in total. The van der Waals surface area contributed by atoms with Crippen LogP contribution in [0.5, 0.6) is 0 Å². The first-order valence-corrected chi connectivity index (χ1v) is 8.92. The fraction of sp³-hybridized carbons (Fsp3) is 0.250. The van der Waals surface area contributed by atoms with Crippen LogP contribution in [-0.4, -0.2) is 22.7 Å². The van der Waals surface area contributed by atoms with E-state index >= 15 is 0 Å². The van der Waals surface area contributed by atoms with Crippen LogP contribution in [0.1, 0.15) is 18.9 Å². The maximum atomic E-state index is 12.2. The molecule has 1 amide bonds. The predicted octanol–water partition coefficient (Wildman–Crippen LogP) is 4.18. The number of carbonyl (C=O) groups is 2. The van der Waals surface area contributed by atoms with E-state index in [4.69, 9.17) is 16.0 Å². The molecule has 5 nitrogen and oxygen atoms in total. The lowest BCUT2D eigenvalue weighted by Crippen LogP contribution is -2.25. The number of benzene rings is 2. The Morgan fingerprint density at radius 3 is 2.69 bits per heavy atom. The third kappa shape index (κ3) is 2.99. The normalized spacial score (nSPS) is 17.2. The molecule has 0 spiro atoms. The summed E-state index contributed by atoms with van der Waals surface area (Å²) in [5.74, 6) is -0.0200. The third-order valence-electron chi connectivity index (χ3n) is 4.74. The van der Waals surface area contributed by atoms with Crippen LogP contribution >= 0.6 is 11.6 Å². The summed E-state index contributed by atoms with van der Waals surface area (Å²) in [4.78, 5) is 29.7. The molecule has 3 aromatic rings. The van der Waals surface area contributed by atoms with Gasteiger partial charge in [0.1, 0.15) is 5.52 Å². The summed E-state index contributed by atoms with van der Waals surface area (Å²) >= 11 is 5.54. The average molecular weight is 369 g/mol. The van der Waals surface area contributed by atoms with Gasteiger partial charge in [-0.1, -0.05) is 19.1 Å². The summed E-state index contributed by atoms with van der Waals surface area (Å²) in [6.45, 7) is 2.41. The molecule has 0 radical (unpaired) electrons. The van der Waals surface area contributed by atoms with Crippen LogP contribution in [0.4, 0.5) is 5.69 Å². The monoisotopic (exact) mass is 368 g/mol. The van der Waals surface area contributed by atoms with E-state index in [2.05, 4.69) is 24.0 Å². The number of fused-ring (bicyclic) bond motifs is 1. The van der Waals surface area contributed by atoms with Crippen molar-refractivity contribution in [1.29, 1.82) is 0 Å². The molecule has 132 valence electrons. The Bertz CT molecular complexity index is 994. The number of amides is 1. The molecule has 2 aromatic carbocycles. The van der Waals surface area contributed by atoms with Gasteiger partial charge < -0.3 is 9.32 Å². The van der Waals surface area contributed by atoms with Crippen molar-refractivity contribution in [3.8, 4) is 11.5 Å². The van der Waals surface area contributed by atoms with Crippen molar-refractivity contribution in [3.63, 3.8) is 0 Å². The van der Waals surface area contributed by atoms with Gasteiger partial charge in [0, 0.05) is 24.2 Å². The molecule has 1 fully saturated rings. The third-order valence-corrected chi connectivity index (χ3v) is 5.05. The number of nitrogens with zero attached hydrogens (tertiary/aromatic N) is 2. The summed E-state index contributed by atoms with van der Waals surface area (Å²) in [7, 11) is 0. The standard InChI is InChI=1S/C20H17ClN2O3/c1-2-12-3-5-13(6-4-12)20-22-16-10-15(7-8-17(16)26-20)23-11-14(19(21)25)9-18(23)24/h3-8,10,14H,2,9,11H2,1H3/t14-/m1/s1. The molecule has 1 aliphatic heterocycles. The fourth-order valence-corrected chi connectivity index (χ4v) is 3.35. The minimum absolute atomic E-state index is 0.109. The summed E-state index contributed by atoms with van der Waals surface area (Å²) in [6.07, 6.45) is 1.13. The zero-order chi connectivity index (χ0) is 18.3. The number of aromatic nitrogens is 1. The Morgan fingerprint density at radius 2 is 2.04 bits per heavy atom. The Labute approximate surface area is 155 Å². The van der Waals surface area contributed by atoms with E-state index in [1.54, 1.807) is 17.0 Å². The zero-order valence-electron chi connectivity index (χ0n) is 14.2. The maximum absolute atomic E-state index is 12.2. The molecule has 0 saturated carbocycles.